The van der Waals surface area contributed by atoms with Crippen LogP contribution in [0.15, 0.2) is 24.3 Å². The number of hydrogen-bond acceptors (Lipinski definition) is 5. The third-order valence-electron chi connectivity index (χ3n) is 2.15. The number of aliphatic carboxylic acids is 1. The largest absolute Gasteiger partial charge is 0.481 e. The number of ether oxygens (including phenoxy) is 1. The molecule has 0 amide bonds. The summed E-state index contributed by atoms with van der Waals surface area (Å²) in [6, 6.07) is 5.62. The lowest BCUT2D eigenvalue weighted by Crippen LogP contribution is -2.13. The van der Waals surface area contributed by atoms with E-state index < -0.39 is 29.4 Å². The Morgan fingerprint density at radius 1 is 1.50 bits per heavy atom. The number of hydrogen-bond donors (Lipinski definition) is 1. The first-order valence-electron chi connectivity index (χ1n) is 5.05. The number of carbonyl (C=O) groups excluding carboxylic acids is 1. The Kier molecular flexibility index (Phi) is 4.36. The number of esters is 1. The van der Waals surface area contributed by atoms with Gasteiger partial charge in [0.1, 0.15) is 12.5 Å². The monoisotopic (exact) mass is 253 g/mol. The molecular formula is C11H11NO6. The third kappa shape index (κ3) is 3.85. The summed E-state index contributed by atoms with van der Waals surface area (Å²) in [6.45, 7) is 1.51. The van der Waals surface area contributed by atoms with Crippen LogP contribution in [0.3, 0.4) is 0 Å². The van der Waals surface area contributed by atoms with E-state index in [9.17, 15) is 19.7 Å². The normalized spacial score (nSPS) is 11.6. The molecule has 0 radical (unpaired) electrons. The summed E-state index contributed by atoms with van der Waals surface area (Å²) < 4.78 is 4.84. The van der Waals surface area contributed by atoms with Gasteiger partial charge in [0.05, 0.1) is 4.92 Å². The molecule has 0 aliphatic heterocycles. The van der Waals surface area contributed by atoms with Crippen molar-refractivity contribution in [1.82, 2.24) is 0 Å². The van der Waals surface area contributed by atoms with Crippen molar-refractivity contribution >= 4 is 17.6 Å². The van der Waals surface area contributed by atoms with Crippen molar-refractivity contribution in [1.29, 1.82) is 0 Å². The molecule has 1 atom stereocenters. The molecule has 0 fully saturated rings. The van der Waals surface area contributed by atoms with E-state index in [1.807, 2.05) is 0 Å². The first-order chi connectivity index (χ1) is 8.40. The Labute approximate surface area is 102 Å². The van der Waals surface area contributed by atoms with E-state index in [4.69, 9.17) is 9.84 Å². The molecule has 7 heteroatoms. The fourth-order valence-electron chi connectivity index (χ4n) is 1.32. The van der Waals surface area contributed by atoms with E-state index in [1.165, 1.54) is 25.1 Å². The second-order valence-corrected chi connectivity index (χ2v) is 3.55. The summed E-state index contributed by atoms with van der Waals surface area (Å²) in [6.07, 6.45) is -1.48. The van der Waals surface area contributed by atoms with E-state index in [0.717, 1.165) is 0 Å². The van der Waals surface area contributed by atoms with Crippen molar-refractivity contribution in [3.8, 4) is 0 Å². The highest BCUT2D eigenvalue weighted by atomic mass is 16.6. The molecule has 7 nitrogen and oxygen atoms in total. The zero-order valence-electron chi connectivity index (χ0n) is 9.53. The average molecular weight is 253 g/mol. The fourth-order valence-corrected chi connectivity index (χ4v) is 1.32. The highest BCUT2D eigenvalue weighted by molar-refractivity contribution is 5.90. The first-order valence-corrected chi connectivity index (χ1v) is 5.05. The van der Waals surface area contributed by atoms with Crippen molar-refractivity contribution in [2.24, 2.45) is 0 Å². The van der Waals surface area contributed by atoms with Gasteiger partial charge in [-0.15, -0.1) is 0 Å². The number of nitro groups is 1. The van der Waals surface area contributed by atoms with E-state index in [0.29, 0.717) is 5.56 Å². The molecule has 1 aromatic carbocycles. The van der Waals surface area contributed by atoms with E-state index in [1.54, 1.807) is 6.07 Å². The fraction of sp³-hybridized carbons (Fsp3) is 0.273. The van der Waals surface area contributed by atoms with Gasteiger partial charge in [-0.2, -0.15) is 0 Å². The summed E-state index contributed by atoms with van der Waals surface area (Å²) in [5.74, 6) is -2.17. The lowest BCUT2D eigenvalue weighted by Gasteiger charge is -2.12. The Morgan fingerprint density at radius 3 is 2.72 bits per heavy atom. The minimum Gasteiger partial charge on any atom is -0.481 e. The number of nitrogens with zero attached hydrogens (tertiary/aromatic N) is 1. The van der Waals surface area contributed by atoms with Crippen LogP contribution in [0.25, 0.3) is 0 Å². The maximum absolute atomic E-state index is 11.1. The first kappa shape index (κ1) is 13.6. The number of benzene rings is 1. The van der Waals surface area contributed by atoms with Gasteiger partial charge >= 0.3 is 11.9 Å². The van der Waals surface area contributed by atoms with Gasteiger partial charge in [0, 0.05) is 12.1 Å². The molecule has 1 unspecified atom stereocenters. The molecule has 1 aromatic rings. The van der Waals surface area contributed by atoms with Gasteiger partial charge in [-0.3, -0.25) is 19.7 Å². The minimum atomic E-state index is -1.29. The highest BCUT2D eigenvalue weighted by Gasteiger charge is 2.16. The van der Waals surface area contributed by atoms with Gasteiger partial charge in [-0.05, 0) is 12.5 Å². The topological polar surface area (TPSA) is 107 Å². The average Bonchev–Trinajstić information content (AvgIpc) is 2.27. The number of non-ortho nitro benzene ring substituents is 1. The van der Waals surface area contributed by atoms with Crippen molar-refractivity contribution in [3.05, 3.63) is 39.9 Å². The van der Waals surface area contributed by atoms with Crippen molar-refractivity contribution < 1.29 is 24.4 Å². The van der Waals surface area contributed by atoms with Crippen molar-refractivity contribution in [3.63, 3.8) is 0 Å². The molecule has 0 heterocycles. The van der Waals surface area contributed by atoms with Gasteiger partial charge in [0.2, 0.25) is 0 Å². The molecule has 1 rings (SSSR count). The Morgan fingerprint density at radius 2 is 2.17 bits per heavy atom. The van der Waals surface area contributed by atoms with Crippen LogP contribution < -0.4 is 0 Å². The number of carbonyl (C=O) groups is 2. The lowest BCUT2D eigenvalue weighted by molar-refractivity contribution is -0.385. The molecule has 0 aromatic heterocycles. The minimum absolute atomic E-state index is 0.117. The van der Waals surface area contributed by atoms with E-state index >= 15 is 0 Å². The number of rotatable bonds is 5. The second-order valence-electron chi connectivity index (χ2n) is 3.55. The van der Waals surface area contributed by atoms with Crippen LogP contribution in [-0.4, -0.2) is 22.0 Å². The van der Waals surface area contributed by atoms with Crippen LogP contribution in [0.2, 0.25) is 0 Å². The molecule has 0 aliphatic carbocycles. The second kappa shape index (κ2) is 5.76. The quantitative estimate of drug-likeness (QED) is 0.370. The molecule has 0 bridgehead atoms. The zero-order chi connectivity index (χ0) is 13.7. The molecule has 1 N–H and O–H groups in total. The number of carboxylic acids is 1. The van der Waals surface area contributed by atoms with Gasteiger partial charge in [-0.1, -0.05) is 12.1 Å². The van der Waals surface area contributed by atoms with Crippen LogP contribution in [0.4, 0.5) is 5.69 Å². The van der Waals surface area contributed by atoms with Crippen LogP contribution in [-0.2, 0) is 14.3 Å². The molecule has 0 spiro atoms. The lowest BCUT2D eigenvalue weighted by atomic mass is 10.1. The highest BCUT2D eigenvalue weighted by Crippen LogP contribution is 2.21. The SMILES string of the molecule is CC(OC(=O)CC(=O)O)c1cccc([N+](=O)[O-])c1. The van der Waals surface area contributed by atoms with Gasteiger partial charge in [0.15, 0.2) is 0 Å². The van der Waals surface area contributed by atoms with Crippen LogP contribution >= 0.6 is 0 Å². The van der Waals surface area contributed by atoms with Gasteiger partial charge in [-0.25, -0.2) is 0 Å². The van der Waals surface area contributed by atoms with Crippen LogP contribution in [0.5, 0.6) is 0 Å². The summed E-state index contributed by atoms with van der Waals surface area (Å²) in [5.41, 5.74) is 0.316. The molecule has 0 saturated carbocycles. The van der Waals surface area contributed by atoms with Crippen molar-refractivity contribution in [2.45, 2.75) is 19.4 Å². The summed E-state index contributed by atoms with van der Waals surface area (Å²) in [4.78, 5) is 31.4. The smallest absolute Gasteiger partial charge is 0.317 e. The summed E-state index contributed by atoms with van der Waals surface area (Å²) in [5, 5.41) is 19.0. The standard InChI is InChI=1S/C11H11NO6/c1-7(18-11(15)6-10(13)14)8-3-2-4-9(5-8)12(16)17/h2-5,7H,6H2,1H3,(H,13,14). The van der Waals surface area contributed by atoms with Crippen LogP contribution in [0, 0.1) is 10.1 Å². The Bertz CT molecular complexity index is 484. The maximum atomic E-state index is 11.1. The maximum Gasteiger partial charge on any atom is 0.317 e. The van der Waals surface area contributed by atoms with Crippen molar-refractivity contribution in [2.75, 3.05) is 0 Å². The van der Waals surface area contributed by atoms with Gasteiger partial charge in [0.25, 0.3) is 5.69 Å². The molecular weight excluding hydrogens is 242 g/mol. The summed E-state index contributed by atoms with van der Waals surface area (Å²) >= 11 is 0. The molecule has 96 valence electrons. The summed E-state index contributed by atoms with van der Waals surface area (Å²) in [7, 11) is 0. The Balaban J connectivity index is 2.75. The predicted molar refractivity (Wildman–Crippen MR) is 59.9 cm³/mol. The third-order valence-corrected chi connectivity index (χ3v) is 2.15. The Hall–Kier alpha value is -2.44. The molecule has 18 heavy (non-hydrogen) atoms. The van der Waals surface area contributed by atoms with Crippen LogP contribution in [0.1, 0.15) is 25.0 Å². The predicted octanol–water partition coefficient (Wildman–Crippen LogP) is 1.67. The zero-order valence-corrected chi connectivity index (χ0v) is 9.53. The molecule has 0 aliphatic rings. The van der Waals surface area contributed by atoms with Gasteiger partial charge < -0.3 is 9.84 Å². The van der Waals surface area contributed by atoms with E-state index in [2.05, 4.69) is 0 Å². The number of nitro benzene ring substituents is 1. The van der Waals surface area contributed by atoms with E-state index in [-0.39, 0.29) is 5.69 Å². The number of carboxylic acid groups (broad SMARTS) is 1. The molecule has 0 saturated heterocycles.